The molecule has 3 rings (SSSR count). The predicted molar refractivity (Wildman–Crippen MR) is 105 cm³/mol. The third-order valence-electron chi connectivity index (χ3n) is 3.66. The number of amidine groups is 1. The Kier molecular flexibility index (Phi) is 5.32. The van der Waals surface area contributed by atoms with E-state index in [0.717, 1.165) is 11.1 Å². The molecular formula is C20H19N3Si. The first-order valence-corrected chi connectivity index (χ1v) is 9.28. The molecule has 0 aliphatic rings. The van der Waals surface area contributed by atoms with Crippen LogP contribution in [-0.4, -0.2) is 21.6 Å². The Hall–Kier alpha value is -2.98. The van der Waals surface area contributed by atoms with E-state index < -0.39 is 9.52 Å². The fraction of sp³-hybridized carbons (Fsp3) is 0. The van der Waals surface area contributed by atoms with Gasteiger partial charge in [0.15, 0.2) is 0 Å². The molecule has 2 N–H and O–H groups in total. The van der Waals surface area contributed by atoms with Crippen LogP contribution in [0.15, 0.2) is 90.0 Å². The first-order valence-electron chi connectivity index (χ1n) is 7.87. The topological polar surface area (TPSA) is 48.2 Å². The van der Waals surface area contributed by atoms with Crippen molar-refractivity contribution in [2.75, 3.05) is 0 Å². The maximum atomic E-state index is 8.16. The minimum atomic E-state index is -0.511. The summed E-state index contributed by atoms with van der Waals surface area (Å²) in [6.07, 6.45) is 1.72. The molecule has 0 saturated heterocycles. The molecule has 0 aromatic heterocycles. The van der Waals surface area contributed by atoms with Crippen LogP contribution in [0.5, 0.6) is 0 Å². The lowest BCUT2D eigenvalue weighted by Gasteiger charge is -2.06. The van der Waals surface area contributed by atoms with E-state index in [1.807, 2.05) is 48.5 Å². The molecule has 0 unspecified atom stereocenters. The summed E-state index contributed by atoms with van der Waals surface area (Å²) in [7, 11) is -0.511. The zero-order valence-corrected chi connectivity index (χ0v) is 14.7. The van der Waals surface area contributed by atoms with Crippen molar-refractivity contribution >= 4 is 31.9 Å². The molecule has 3 aromatic rings. The van der Waals surface area contributed by atoms with Gasteiger partial charge in [0.2, 0.25) is 0 Å². The van der Waals surface area contributed by atoms with E-state index in [-0.39, 0.29) is 0 Å². The van der Waals surface area contributed by atoms with E-state index >= 15 is 0 Å². The fourth-order valence-electron chi connectivity index (χ4n) is 2.44. The second-order valence-corrected chi connectivity index (χ2v) is 7.50. The third kappa shape index (κ3) is 4.51. The van der Waals surface area contributed by atoms with Crippen molar-refractivity contribution in [3.05, 3.63) is 96.1 Å². The molecule has 118 valence electrons. The van der Waals surface area contributed by atoms with Gasteiger partial charge in [-0.1, -0.05) is 95.3 Å². The molecule has 0 saturated carbocycles. The summed E-state index contributed by atoms with van der Waals surface area (Å²) in [5, 5.41) is 15.0. The molecule has 0 atom stereocenters. The first kappa shape index (κ1) is 15.9. The van der Waals surface area contributed by atoms with Crippen molar-refractivity contribution in [2.45, 2.75) is 0 Å². The van der Waals surface area contributed by atoms with Crippen LogP contribution in [-0.2, 0) is 0 Å². The summed E-state index contributed by atoms with van der Waals surface area (Å²) in [5.41, 5.74) is 4.67. The molecule has 3 nitrogen and oxygen atoms in total. The van der Waals surface area contributed by atoms with Gasteiger partial charge in [0.25, 0.3) is 0 Å². The highest BCUT2D eigenvalue weighted by Crippen LogP contribution is 1.97. The summed E-state index contributed by atoms with van der Waals surface area (Å²) in [5.74, 6) is 0.311. The van der Waals surface area contributed by atoms with Gasteiger partial charge in [-0.25, -0.2) is 0 Å². The molecule has 24 heavy (non-hydrogen) atoms. The SMILES string of the molecule is N=C(N/N=C/c1ccccc1)c1cccc([SiH2]c2ccccc2)c1. The number of nitrogens with one attached hydrogen (secondary N) is 2. The predicted octanol–water partition coefficient (Wildman–Crippen LogP) is 1.76. The van der Waals surface area contributed by atoms with Crippen LogP contribution < -0.4 is 15.8 Å². The summed E-state index contributed by atoms with van der Waals surface area (Å²) < 4.78 is 0. The maximum absolute atomic E-state index is 8.16. The average molecular weight is 329 g/mol. The Bertz CT molecular complexity index is 830. The van der Waals surface area contributed by atoms with E-state index in [2.05, 4.69) is 46.9 Å². The summed E-state index contributed by atoms with van der Waals surface area (Å²) >= 11 is 0. The van der Waals surface area contributed by atoms with Crippen LogP contribution in [0.2, 0.25) is 0 Å². The lowest BCUT2D eigenvalue weighted by atomic mass is 10.2. The van der Waals surface area contributed by atoms with Crippen LogP contribution in [0.3, 0.4) is 0 Å². The molecule has 0 heterocycles. The molecule has 0 aliphatic carbocycles. The molecule has 3 aromatic carbocycles. The molecule has 0 aliphatic heterocycles. The standard InChI is InChI=1S/C20H19N3Si/c21-20(23-22-15-16-8-3-1-4-9-16)17-10-7-13-19(14-17)24-18-11-5-2-6-12-18/h1-15H,24H2,(H2,21,23)/b22-15+. The Morgan fingerprint density at radius 1 is 0.833 bits per heavy atom. The van der Waals surface area contributed by atoms with E-state index in [9.17, 15) is 0 Å². The zero-order valence-electron chi connectivity index (χ0n) is 13.3. The van der Waals surface area contributed by atoms with Crippen molar-refractivity contribution < 1.29 is 0 Å². The number of hydrogen-bond acceptors (Lipinski definition) is 2. The second-order valence-electron chi connectivity index (χ2n) is 5.52. The molecular weight excluding hydrogens is 310 g/mol. The van der Waals surface area contributed by atoms with Gasteiger partial charge in [0.1, 0.15) is 5.84 Å². The number of hydrazone groups is 1. The monoisotopic (exact) mass is 329 g/mol. The van der Waals surface area contributed by atoms with Crippen molar-refractivity contribution in [3.63, 3.8) is 0 Å². The second kappa shape index (κ2) is 8.03. The molecule has 0 radical (unpaired) electrons. The van der Waals surface area contributed by atoms with Gasteiger partial charge in [-0.2, -0.15) is 5.10 Å². The molecule has 0 bridgehead atoms. The lowest BCUT2D eigenvalue weighted by molar-refractivity contribution is 1.02. The summed E-state index contributed by atoms with van der Waals surface area (Å²) in [6, 6.07) is 28.6. The number of nitrogens with zero attached hydrogens (tertiary/aromatic N) is 1. The quantitative estimate of drug-likeness (QED) is 0.319. The lowest BCUT2D eigenvalue weighted by Crippen LogP contribution is -2.28. The smallest absolute Gasteiger partial charge is 0.145 e. The molecule has 4 heteroatoms. The van der Waals surface area contributed by atoms with Gasteiger partial charge in [-0.15, -0.1) is 0 Å². The highest BCUT2D eigenvalue weighted by atomic mass is 28.2. The largest absolute Gasteiger partial charge is 0.283 e. The van der Waals surface area contributed by atoms with Gasteiger partial charge in [0.05, 0.1) is 15.7 Å². The van der Waals surface area contributed by atoms with Gasteiger partial charge < -0.3 is 0 Å². The van der Waals surface area contributed by atoms with Crippen LogP contribution >= 0.6 is 0 Å². The Labute approximate surface area is 144 Å². The van der Waals surface area contributed by atoms with Crippen molar-refractivity contribution in [2.24, 2.45) is 5.10 Å². The Morgan fingerprint density at radius 3 is 2.25 bits per heavy atom. The van der Waals surface area contributed by atoms with Crippen LogP contribution in [0, 0.1) is 5.41 Å². The minimum absolute atomic E-state index is 0.311. The van der Waals surface area contributed by atoms with E-state index in [0.29, 0.717) is 5.84 Å². The van der Waals surface area contributed by atoms with Gasteiger partial charge in [-0.3, -0.25) is 10.8 Å². The van der Waals surface area contributed by atoms with Gasteiger partial charge in [-0.05, 0) is 5.56 Å². The van der Waals surface area contributed by atoms with Crippen molar-refractivity contribution in [1.82, 2.24) is 5.43 Å². The van der Waals surface area contributed by atoms with Crippen LogP contribution in [0.4, 0.5) is 0 Å². The van der Waals surface area contributed by atoms with Gasteiger partial charge in [0, 0.05) is 5.56 Å². The number of hydrogen-bond donors (Lipinski definition) is 2. The van der Waals surface area contributed by atoms with Crippen molar-refractivity contribution in [1.29, 1.82) is 5.41 Å². The van der Waals surface area contributed by atoms with E-state index in [4.69, 9.17) is 5.41 Å². The van der Waals surface area contributed by atoms with Crippen LogP contribution in [0.1, 0.15) is 11.1 Å². The van der Waals surface area contributed by atoms with Crippen LogP contribution in [0.25, 0.3) is 0 Å². The van der Waals surface area contributed by atoms with E-state index in [1.54, 1.807) is 6.21 Å². The maximum Gasteiger partial charge on any atom is 0.145 e. The highest BCUT2D eigenvalue weighted by molar-refractivity contribution is 6.67. The number of rotatable bonds is 5. The summed E-state index contributed by atoms with van der Waals surface area (Å²) in [4.78, 5) is 0. The molecule has 0 amide bonds. The third-order valence-corrected chi connectivity index (χ3v) is 5.38. The molecule has 0 fully saturated rings. The number of benzene rings is 3. The zero-order chi connectivity index (χ0) is 16.6. The van der Waals surface area contributed by atoms with Gasteiger partial charge >= 0.3 is 0 Å². The van der Waals surface area contributed by atoms with Crippen molar-refractivity contribution in [3.8, 4) is 0 Å². The first-order chi connectivity index (χ1) is 11.8. The van der Waals surface area contributed by atoms with E-state index in [1.165, 1.54) is 10.4 Å². The minimum Gasteiger partial charge on any atom is -0.283 e. The Morgan fingerprint density at radius 2 is 1.50 bits per heavy atom. The average Bonchev–Trinajstić information content (AvgIpc) is 2.64. The summed E-state index contributed by atoms with van der Waals surface area (Å²) in [6.45, 7) is 0. The fourth-order valence-corrected chi connectivity index (χ4v) is 4.00. The normalized spacial score (nSPS) is 11.2. The highest BCUT2D eigenvalue weighted by Gasteiger charge is 2.03. The Balaban J connectivity index is 1.65. The molecule has 0 spiro atoms.